The van der Waals surface area contributed by atoms with Crippen LogP contribution >= 0.6 is 27.7 Å². The molecular formula is C22H18BrNO5S. The number of benzene rings is 1. The van der Waals surface area contributed by atoms with Gasteiger partial charge in [0, 0.05) is 0 Å². The van der Waals surface area contributed by atoms with Crippen molar-refractivity contribution in [3.8, 4) is 5.75 Å². The molecule has 1 aromatic rings. The Bertz CT molecular complexity index is 1040. The van der Waals surface area contributed by atoms with Crippen molar-refractivity contribution in [2.24, 2.45) is 0 Å². The van der Waals surface area contributed by atoms with Crippen LogP contribution in [-0.4, -0.2) is 27.2 Å². The lowest BCUT2D eigenvalue weighted by molar-refractivity contribution is -0.124. The molecule has 154 valence electrons. The Labute approximate surface area is 186 Å². The van der Waals surface area contributed by atoms with Gasteiger partial charge in [-0.1, -0.05) is 29.9 Å². The number of halogens is 1. The van der Waals surface area contributed by atoms with E-state index in [-0.39, 0.29) is 16.9 Å². The van der Waals surface area contributed by atoms with Gasteiger partial charge >= 0.3 is 0 Å². The molecule has 3 aliphatic rings. The van der Waals surface area contributed by atoms with Gasteiger partial charge in [-0.15, -0.1) is 0 Å². The summed E-state index contributed by atoms with van der Waals surface area (Å²) in [6.45, 7) is 0. The Kier molecular flexibility index (Phi) is 6.15. The second kappa shape index (κ2) is 8.97. The standard InChI is InChI=1S/C22H18BrNO5S/c23-16-10-15(6-7-18(16)25)12-20-21(26)24(22(27)30-20)17(19-13-28-8-9-29-19)11-14-4-2-1-3-5-14/h1-2,4,6-10,12-13,17,25H,3,5,11H2. The van der Waals surface area contributed by atoms with E-state index < -0.39 is 6.04 Å². The van der Waals surface area contributed by atoms with Crippen molar-refractivity contribution < 1.29 is 24.2 Å². The molecule has 6 nitrogen and oxygen atoms in total. The lowest BCUT2D eigenvalue weighted by Crippen LogP contribution is -2.41. The van der Waals surface area contributed by atoms with E-state index in [0.717, 1.165) is 30.2 Å². The number of nitrogens with zero attached hydrogens (tertiary/aromatic N) is 1. The Hall–Kier alpha value is -2.71. The molecule has 0 saturated carbocycles. The third kappa shape index (κ3) is 4.39. The summed E-state index contributed by atoms with van der Waals surface area (Å²) in [5, 5.41) is 9.30. The molecule has 1 aliphatic carbocycles. The summed E-state index contributed by atoms with van der Waals surface area (Å²) < 4.78 is 11.3. The third-order valence-corrected chi connectivity index (χ3v) is 6.33. The van der Waals surface area contributed by atoms with Crippen molar-refractivity contribution >= 4 is 44.9 Å². The molecule has 1 saturated heterocycles. The van der Waals surface area contributed by atoms with E-state index in [1.807, 2.05) is 12.2 Å². The van der Waals surface area contributed by atoms with Crippen LogP contribution < -0.4 is 0 Å². The monoisotopic (exact) mass is 487 g/mol. The number of carbonyl (C=O) groups excluding carboxylic acids is 2. The van der Waals surface area contributed by atoms with Gasteiger partial charge in [0.1, 0.15) is 30.6 Å². The number of imide groups is 1. The van der Waals surface area contributed by atoms with Crippen LogP contribution in [0.3, 0.4) is 0 Å². The average Bonchev–Trinajstić information content (AvgIpc) is 3.03. The van der Waals surface area contributed by atoms with E-state index in [1.54, 1.807) is 18.2 Å². The minimum absolute atomic E-state index is 0.101. The smallest absolute Gasteiger partial charge is 0.294 e. The fraction of sp³-hybridized carbons (Fsp3) is 0.182. The van der Waals surface area contributed by atoms with Crippen molar-refractivity contribution in [1.29, 1.82) is 0 Å². The molecule has 0 radical (unpaired) electrons. The van der Waals surface area contributed by atoms with Crippen LogP contribution in [0.4, 0.5) is 4.79 Å². The molecule has 0 aromatic heterocycles. The predicted molar refractivity (Wildman–Crippen MR) is 118 cm³/mol. The highest BCUT2D eigenvalue weighted by Gasteiger charge is 2.42. The topological polar surface area (TPSA) is 76.1 Å². The molecule has 0 spiro atoms. The normalized spacial score (nSPS) is 20.7. The first-order valence-electron chi connectivity index (χ1n) is 9.30. The molecule has 4 rings (SSSR count). The molecule has 1 fully saturated rings. The minimum Gasteiger partial charge on any atom is -0.507 e. The molecule has 2 aliphatic heterocycles. The van der Waals surface area contributed by atoms with E-state index >= 15 is 0 Å². The Morgan fingerprint density at radius 2 is 2.17 bits per heavy atom. The number of phenols is 1. The molecule has 0 bridgehead atoms. The van der Waals surface area contributed by atoms with Gasteiger partial charge in [0.2, 0.25) is 0 Å². The van der Waals surface area contributed by atoms with Crippen molar-refractivity contribution in [3.63, 3.8) is 0 Å². The first-order valence-corrected chi connectivity index (χ1v) is 10.9. The zero-order valence-corrected chi connectivity index (χ0v) is 18.2. The third-order valence-electron chi connectivity index (χ3n) is 4.81. The molecular weight excluding hydrogens is 470 g/mol. The zero-order valence-electron chi connectivity index (χ0n) is 15.8. The predicted octanol–water partition coefficient (Wildman–Crippen LogP) is 5.59. The van der Waals surface area contributed by atoms with Crippen LogP contribution in [0.5, 0.6) is 5.75 Å². The number of ether oxygens (including phenoxy) is 2. The van der Waals surface area contributed by atoms with Crippen molar-refractivity contribution in [1.82, 2.24) is 4.90 Å². The number of amides is 2. The van der Waals surface area contributed by atoms with Gasteiger partial charge in [-0.25, -0.2) is 0 Å². The largest absolute Gasteiger partial charge is 0.507 e. The van der Waals surface area contributed by atoms with Gasteiger partial charge < -0.3 is 14.6 Å². The number of rotatable bonds is 5. The summed E-state index contributed by atoms with van der Waals surface area (Å²) in [5.74, 6) is 0.124. The van der Waals surface area contributed by atoms with Gasteiger partial charge in [0.25, 0.3) is 11.1 Å². The Morgan fingerprint density at radius 1 is 1.30 bits per heavy atom. The lowest BCUT2D eigenvalue weighted by atomic mass is 9.96. The highest BCUT2D eigenvalue weighted by molar-refractivity contribution is 9.10. The summed E-state index contributed by atoms with van der Waals surface area (Å²) >= 11 is 4.15. The van der Waals surface area contributed by atoms with Crippen LogP contribution in [0.25, 0.3) is 6.08 Å². The van der Waals surface area contributed by atoms with Crippen LogP contribution in [-0.2, 0) is 14.3 Å². The van der Waals surface area contributed by atoms with Gasteiger partial charge in [-0.05, 0) is 70.7 Å². The van der Waals surface area contributed by atoms with Gasteiger partial charge in [-0.3, -0.25) is 14.5 Å². The highest BCUT2D eigenvalue weighted by Crippen LogP contribution is 2.38. The molecule has 1 unspecified atom stereocenters. The van der Waals surface area contributed by atoms with E-state index in [9.17, 15) is 14.7 Å². The summed E-state index contributed by atoms with van der Waals surface area (Å²) in [7, 11) is 0. The van der Waals surface area contributed by atoms with Crippen LogP contribution in [0, 0.1) is 0 Å². The van der Waals surface area contributed by atoms with Crippen molar-refractivity contribution in [2.45, 2.75) is 25.3 Å². The fourth-order valence-corrected chi connectivity index (χ4v) is 4.61. The van der Waals surface area contributed by atoms with Gasteiger partial charge in [0.05, 0.1) is 9.38 Å². The van der Waals surface area contributed by atoms with Gasteiger partial charge in [-0.2, -0.15) is 0 Å². The van der Waals surface area contributed by atoms with Crippen molar-refractivity contribution in [2.75, 3.05) is 0 Å². The van der Waals surface area contributed by atoms with Crippen LogP contribution in [0.15, 0.2) is 75.9 Å². The number of hydrogen-bond acceptors (Lipinski definition) is 6. The Morgan fingerprint density at radius 3 is 2.87 bits per heavy atom. The molecule has 2 heterocycles. The SMILES string of the molecule is O=C1SC(=Cc2ccc(O)c(Br)c2)C(=O)N1C(CC1=CC=CCC1)C1=COC=CO1. The number of thioether (sulfide) groups is 1. The van der Waals surface area contributed by atoms with E-state index in [4.69, 9.17) is 9.47 Å². The quantitative estimate of drug-likeness (QED) is 0.545. The maximum absolute atomic E-state index is 13.2. The summed E-state index contributed by atoms with van der Waals surface area (Å²) in [5.41, 5.74) is 1.83. The maximum Gasteiger partial charge on any atom is 0.294 e. The molecule has 8 heteroatoms. The molecule has 2 amide bonds. The Balaban J connectivity index is 1.63. The zero-order chi connectivity index (χ0) is 21.1. The molecule has 1 aromatic carbocycles. The van der Waals surface area contributed by atoms with Crippen molar-refractivity contribution in [3.05, 3.63) is 81.5 Å². The first kappa shape index (κ1) is 20.6. The molecule has 1 atom stereocenters. The second-order valence-corrected chi connectivity index (χ2v) is 8.67. The lowest BCUT2D eigenvalue weighted by Gasteiger charge is -2.28. The number of aromatic hydroxyl groups is 1. The van der Waals surface area contributed by atoms with E-state index in [1.165, 1.54) is 29.8 Å². The first-order chi connectivity index (χ1) is 14.5. The second-order valence-electron chi connectivity index (χ2n) is 6.82. The number of allylic oxidation sites excluding steroid dienone is 3. The maximum atomic E-state index is 13.2. The van der Waals surface area contributed by atoms with Crippen LogP contribution in [0.2, 0.25) is 0 Å². The van der Waals surface area contributed by atoms with E-state index in [0.29, 0.717) is 27.1 Å². The summed E-state index contributed by atoms with van der Waals surface area (Å²) in [6, 6.07) is 4.29. The molecule has 30 heavy (non-hydrogen) atoms. The average molecular weight is 488 g/mol. The number of phenolic OH excluding ortho intramolecular Hbond substituents is 1. The minimum atomic E-state index is -0.599. The fourth-order valence-electron chi connectivity index (χ4n) is 3.33. The van der Waals surface area contributed by atoms with E-state index in [2.05, 4.69) is 22.0 Å². The van der Waals surface area contributed by atoms with Gasteiger partial charge in [0.15, 0.2) is 5.76 Å². The van der Waals surface area contributed by atoms with Crippen LogP contribution in [0.1, 0.15) is 24.8 Å². The summed E-state index contributed by atoms with van der Waals surface area (Å²) in [6.07, 6.45) is 14.2. The highest BCUT2D eigenvalue weighted by atomic mass is 79.9. The number of hydrogen-bond donors (Lipinski definition) is 1. The summed E-state index contributed by atoms with van der Waals surface area (Å²) in [4.78, 5) is 27.6. The molecule has 1 N–H and O–H groups in total. The number of carbonyl (C=O) groups is 2.